The van der Waals surface area contributed by atoms with Gasteiger partial charge in [0.05, 0.1) is 16.6 Å². The van der Waals surface area contributed by atoms with Gasteiger partial charge in [-0.1, -0.05) is 28.1 Å². The number of fused-ring (bicyclic) bond motifs is 1. The van der Waals surface area contributed by atoms with E-state index in [9.17, 15) is 4.79 Å². The third-order valence-corrected chi connectivity index (χ3v) is 4.23. The van der Waals surface area contributed by atoms with Gasteiger partial charge in [0.25, 0.3) is 5.56 Å². The summed E-state index contributed by atoms with van der Waals surface area (Å²) in [5.74, 6) is 0. The van der Waals surface area contributed by atoms with Crippen molar-refractivity contribution in [2.75, 3.05) is 0 Å². The second kappa shape index (κ2) is 5.24. The molecular formula is C16H13BrN2OS. The molecule has 3 aromatic rings. The summed E-state index contributed by atoms with van der Waals surface area (Å²) in [6.07, 6.45) is 0. The second-order valence-corrected chi connectivity index (χ2v) is 6.31. The molecule has 0 amide bonds. The lowest BCUT2D eigenvalue weighted by Gasteiger charge is -2.14. The first kappa shape index (κ1) is 14.2. The van der Waals surface area contributed by atoms with E-state index >= 15 is 0 Å². The Labute approximate surface area is 135 Å². The van der Waals surface area contributed by atoms with Gasteiger partial charge in [0, 0.05) is 4.47 Å². The minimum atomic E-state index is -0.0946. The standard InChI is InChI=1S/C16H13BrN2OS/c1-9-7-11(17)8-10(2)14(9)19-15(20)12-5-3-4-6-13(12)18-16(19)21/h3-8H,1-2H3,(H,18,21). The first-order valence-electron chi connectivity index (χ1n) is 6.50. The smallest absolute Gasteiger partial charge is 0.266 e. The fraction of sp³-hybridized carbons (Fsp3) is 0.125. The summed E-state index contributed by atoms with van der Waals surface area (Å²) >= 11 is 8.87. The lowest BCUT2D eigenvalue weighted by molar-refractivity contribution is 0.920. The molecule has 0 bridgehead atoms. The summed E-state index contributed by atoms with van der Waals surface area (Å²) in [5, 5.41) is 0.632. The van der Waals surface area contributed by atoms with E-state index in [1.54, 1.807) is 4.57 Å². The van der Waals surface area contributed by atoms with E-state index in [0.717, 1.165) is 26.8 Å². The van der Waals surface area contributed by atoms with Crippen LogP contribution in [0.25, 0.3) is 16.6 Å². The second-order valence-electron chi connectivity index (χ2n) is 5.00. The Hall–Kier alpha value is -1.72. The van der Waals surface area contributed by atoms with Crippen molar-refractivity contribution >= 4 is 39.1 Å². The topological polar surface area (TPSA) is 37.8 Å². The summed E-state index contributed by atoms with van der Waals surface area (Å²) in [4.78, 5) is 15.9. The molecule has 0 fully saturated rings. The van der Waals surface area contributed by atoms with Gasteiger partial charge in [0.1, 0.15) is 0 Å². The van der Waals surface area contributed by atoms with E-state index in [2.05, 4.69) is 20.9 Å². The molecule has 1 heterocycles. The van der Waals surface area contributed by atoms with Crippen LogP contribution in [0.4, 0.5) is 0 Å². The number of rotatable bonds is 1. The number of aryl methyl sites for hydroxylation is 2. The number of H-pyrrole nitrogens is 1. The van der Waals surface area contributed by atoms with Crippen LogP contribution in [0.3, 0.4) is 0 Å². The molecule has 5 heteroatoms. The summed E-state index contributed by atoms with van der Waals surface area (Å²) in [6.45, 7) is 3.95. The van der Waals surface area contributed by atoms with Crippen LogP contribution in [0.1, 0.15) is 11.1 Å². The number of para-hydroxylation sites is 1. The molecule has 0 saturated heterocycles. The highest BCUT2D eigenvalue weighted by atomic mass is 79.9. The fourth-order valence-corrected chi connectivity index (χ4v) is 3.59. The number of halogens is 1. The van der Waals surface area contributed by atoms with Crippen LogP contribution in [-0.4, -0.2) is 9.55 Å². The van der Waals surface area contributed by atoms with Crippen LogP contribution < -0.4 is 5.56 Å². The van der Waals surface area contributed by atoms with E-state index in [1.807, 2.05) is 50.2 Å². The number of nitrogens with zero attached hydrogens (tertiary/aromatic N) is 1. The molecule has 0 atom stereocenters. The average Bonchev–Trinajstić information content (AvgIpc) is 2.41. The average molecular weight is 361 g/mol. The lowest BCUT2D eigenvalue weighted by Crippen LogP contribution is -2.22. The maximum Gasteiger partial charge on any atom is 0.266 e. The molecule has 3 rings (SSSR count). The monoisotopic (exact) mass is 360 g/mol. The largest absolute Gasteiger partial charge is 0.331 e. The van der Waals surface area contributed by atoms with Gasteiger partial charge in [0.15, 0.2) is 4.77 Å². The van der Waals surface area contributed by atoms with E-state index in [4.69, 9.17) is 12.2 Å². The summed E-state index contributed by atoms with van der Waals surface area (Å²) in [5.41, 5.74) is 3.51. The van der Waals surface area contributed by atoms with Crippen LogP contribution in [0, 0.1) is 18.6 Å². The van der Waals surface area contributed by atoms with Crippen LogP contribution in [0.15, 0.2) is 45.7 Å². The van der Waals surface area contributed by atoms with Crippen molar-refractivity contribution in [2.45, 2.75) is 13.8 Å². The normalized spacial score (nSPS) is 11.0. The van der Waals surface area contributed by atoms with Crippen molar-refractivity contribution in [1.82, 2.24) is 9.55 Å². The molecule has 0 spiro atoms. The molecule has 21 heavy (non-hydrogen) atoms. The van der Waals surface area contributed by atoms with Gasteiger partial charge < -0.3 is 4.98 Å². The Morgan fingerprint density at radius 2 is 1.76 bits per heavy atom. The molecular weight excluding hydrogens is 348 g/mol. The first-order chi connectivity index (χ1) is 9.99. The molecule has 1 N–H and O–H groups in total. The van der Waals surface area contributed by atoms with Crippen molar-refractivity contribution in [2.24, 2.45) is 0 Å². The Balaban J connectivity index is 2.47. The van der Waals surface area contributed by atoms with Crippen LogP contribution >= 0.6 is 28.1 Å². The summed E-state index contributed by atoms with van der Waals surface area (Å²) in [7, 11) is 0. The molecule has 0 aliphatic heterocycles. The number of hydrogen-bond donors (Lipinski definition) is 1. The molecule has 3 nitrogen and oxygen atoms in total. The fourth-order valence-electron chi connectivity index (χ4n) is 2.62. The predicted molar refractivity (Wildman–Crippen MR) is 91.9 cm³/mol. The third kappa shape index (κ3) is 2.36. The number of aromatic nitrogens is 2. The summed E-state index contributed by atoms with van der Waals surface area (Å²) < 4.78 is 2.98. The molecule has 2 aromatic carbocycles. The minimum Gasteiger partial charge on any atom is -0.331 e. The quantitative estimate of drug-likeness (QED) is 0.652. The van der Waals surface area contributed by atoms with Gasteiger partial charge in [-0.15, -0.1) is 0 Å². The molecule has 0 radical (unpaired) electrons. The van der Waals surface area contributed by atoms with Crippen molar-refractivity contribution in [3.8, 4) is 5.69 Å². The van der Waals surface area contributed by atoms with Crippen molar-refractivity contribution in [3.63, 3.8) is 0 Å². The highest BCUT2D eigenvalue weighted by Crippen LogP contribution is 2.23. The highest BCUT2D eigenvalue weighted by molar-refractivity contribution is 9.10. The Kier molecular flexibility index (Phi) is 3.55. The van der Waals surface area contributed by atoms with E-state index in [0.29, 0.717) is 10.2 Å². The number of aromatic amines is 1. The van der Waals surface area contributed by atoms with Crippen molar-refractivity contribution in [3.05, 3.63) is 67.1 Å². The van der Waals surface area contributed by atoms with Crippen LogP contribution in [0.2, 0.25) is 0 Å². The zero-order chi connectivity index (χ0) is 15.1. The zero-order valence-electron chi connectivity index (χ0n) is 11.6. The van der Waals surface area contributed by atoms with Gasteiger partial charge in [0.2, 0.25) is 0 Å². The van der Waals surface area contributed by atoms with Gasteiger partial charge >= 0.3 is 0 Å². The number of nitrogens with one attached hydrogen (secondary N) is 1. The molecule has 0 aliphatic carbocycles. The molecule has 0 saturated carbocycles. The van der Waals surface area contributed by atoms with Gasteiger partial charge in [-0.25, -0.2) is 0 Å². The predicted octanol–water partition coefficient (Wildman–Crippen LogP) is 4.43. The highest BCUT2D eigenvalue weighted by Gasteiger charge is 2.12. The molecule has 0 aliphatic rings. The molecule has 0 unspecified atom stereocenters. The van der Waals surface area contributed by atoms with Crippen LogP contribution in [0.5, 0.6) is 0 Å². The SMILES string of the molecule is Cc1cc(Br)cc(C)c1-n1c(=S)[nH]c2ccccc2c1=O. The van der Waals surface area contributed by atoms with Gasteiger partial charge in [-0.2, -0.15) is 0 Å². The Bertz CT molecular complexity index is 949. The van der Waals surface area contributed by atoms with Gasteiger partial charge in [-0.3, -0.25) is 9.36 Å². The summed E-state index contributed by atoms with van der Waals surface area (Å²) in [6, 6.07) is 11.4. The van der Waals surface area contributed by atoms with Gasteiger partial charge in [-0.05, 0) is 61.5 Å². The van der Waals surface area contributed by atoms with E-state index < -0.39 is 0 Å². The zero-order valence-corrected chi connectivity index (χ0v) is 14.0. The van der Waals surface area contributed by atoms with E-state index in [-0.39, 0.29) is 5.56 Å². The molecule has 106 valence electrons. The van der Waals surface area contributed by atoms with Crippen molar-refractivity contribution < 1.29 is 0 Å². The Morgan fingerprint density at radius 1 is 1.14 bits per heavy atom. The number of hydrogen-bond acceptors (Lipinski definition) is 2. The Morgan fingerprint density at radius 3 is 2.43 bits per heavy atom. The van der Waals surface area contributed by atoms with Crippen LogP contribution in [-0.2, 0) is 0 Å². The molecule has 1 aromatic heterocycles. The van der Waals surface area contributed by atoms with E-state index in [1.165, 1.54) is 0 Å². The first-order valence-corrected chi connectivity index (χ1v) is 7.70. The maximum absolute atomic E-state index is 12.8. The lowest BCUT2D eigenvalue weighted by atomic mass is 10.1. The van der Waals surface area contributed by atoms with Crippen molar-refractivity contribution in [1.29, 1.82) is 0 Å². The minimum absolute atomic E-state index is 0.0946. The third-order valence-electron chi connectivity index (χ3n) is 3.48. The maximum atomic E-state index is 12.8. The number of benzene rings is 2.